The Labute approximate surface area is 137 Å². The number of halogens is 1. The van der Waals surface area contributed by atoms with Crippen LogP contribution in [0.2, 0.25) is 0 Å². The van der Waals surface area contributed by atoms with Gasteiger partial charge in [-0.05, 0) is 24.1 Å². The minimum absolute atomic E-state index is 0.288. The average Bonchev–Trinajstić information content (AvgIpc) is 3.07. The Balaban J connectivity index is 2.17. The molecule has 0 fully saturated rings. The summed E-state index contributed by atoms with van der Waals surface area (Å²) in [6.07, 6.45) is 9.50. The molecule has 0 saturated heterocycles. The molecule has 0 saturated carbocycles. The molecule has 0 aliphatic carbocycles. The first-order valence-electron chi connectivity index (χ1n) is 8.20. The molecule has 0 bridgehead atoms. The standard InChI is InChI=1S/C18H23FN4/c1-2-3-4-5-6-11-18(12-20,13-23-15-21-14-22-23)16-7-9-17(19)10-8-16/h7-10,14-15H,2-6,11,13H2,1H3. The van der Waals surface area contributed by atoms with Gasteiger partial charge in [0.25, 0.3) is 0 Å². The number of hydrogen-bond donors (Lipinski definition) is 0. The molecule has 1 unspecified atom stereocenters. The minimum atomic E-state index is -0.701. The predicted molar refractivity (Wildman–Crippen MR) is 87.1 cm³/mol. The highest BCUT2D eigenvalue weighted by atomic mass is 19.1. The molecule has 5 heteroatoms. The number of nitriles is 1. The van der Waals surface area contributed by atoms with Gasteiger partial charge in [-0.25, -0.2) is 9.37 Å². The van der Waals surface area contributed by atoms with Gasteiger partial charge in [0.2, 0.25) is 0 Å². The zero-order valence-electron chi connectivity index (χ0n) is 13.6. The molecule has 0 N–H and O–H groups in total. The van der Waals surface area contributed by atoms with Crippen LogP contribution in [0.5, 0.6) is 0 Å². The van der Waals surface area contributed by atoms with Gasteiger partial charge in [-0.1, -0.05) is 51.2 Å². The number of benzene rings is 1. The zero-order chi connectivity index (χ0) is 16.5. The maximum absolute atomic E-state index is 13.2. The maximum atomic E-state index is 13.2. The van der Waals surface area contributed by atoms with Gasteiger partial charge in [0.05, 0.1) is 12.6 Å². The summed E-state index contributed by atoms with van der Waals surface area (Å²) >= 11 is 0. The summed E-state index contributed by atoms with van der Waals surface area (Å²) in [6.45, 7) is 2.62. The van der Waals surface area contributed by atoms with Gasteiger partial charge in [-0.15, -0.1) is 0 Å². The number of unbranched alkanes of at least 4 members (excludes halogenated alkanes) is 4. The molecule has 122 valence electrons. The Kier molecular flexibility index (Phi) is 6.28. The molecule has 4 nitrogen and oxygen atoms in total. The smallest absolute Gasteiger partial charge is 0.137 e. The van der Waals surface area contributed by atoms with Crippen LogP contribution in [0.15, 0.2) is 36.9 Å². The van der Waals surface area contributed by atoms with Gasteiger partial charge in [-0.3, -0.25) is 4.68 Å². The molecule has 2 rings (SSSR count). The first kappa shape index (κ1) is 17.1. The van der Waals surface area contributed by atoms with E-state index in [9.17, 15) is 9.65 Å². The molecule has 1 atom stereocenters. The highest BCUT2D eigenvalue weighted by Crippen LogP contribution is 2.32. The quantitative estimate of drug-likeness (QED) is 0.650. The Morgan fingerprint density at radius 1 is 1.17 bits per heavy atom. The second-order valence-corrected chi connectivity index (χ2v) is 5.96. The third-order valence-corrected chi connectivity index (χ3v) is 4.22. The molecule has 0 aliphatic heterocycles. The monoisotopic (exact) mass is 314 g/mol. The van der Waals surface area contributed by atoms with Crippen molar-refractivity contribution in [2.45, 2.75) is 57.4 Å². The summed E-state index contributed by atoms with van der Waals surface area (Å²) in [5.41, 5.74) is 0.139. The van der Waals surface area contributed by atoms with E-state index in [1.165, 1.54) is 37.7 Å². The van der Waals surface area contributed by atoms with Crippen LogP contribution in [-0.2, 0) is 12.0 Å². The van der Waals surface area contributed by atoms with Gasteiger partial charge >= 0.3 is 0 Å². The minimum Gasteiger partial charge on any atom is -0.251 e. The van der Waals surface area contributed by atoms with E-state index < -0.39 is 5.41 Å². The fourth-order valence-corrected chi connectivity index (χ4v) is 2.86. The molecule has 1 aromatic carbocycles. The number of rotatable bonds is 9. The highest BCUT2D eigenvalue weighted by molar-refractivity contribution is 5.32. The van der Waals surface area contributed by atoms with Crippen LogP contribution in [-0.4, -0.2) is 14.8 Å². The molecule has 0 radical (unpaired) electrons. The van der Waals surface area contributed by atoms with Crippen molar-refractivity contribution in [3.05, 3.63) is 48.3 Å². The zero-order valence-corrected chi connectivity index (χ0v) is 13.6. The van der Waals surface area contributed by atoms with Crippen molar-refractivity contribution in [2.75, 3.05) is 0 Å². The number of hydrogen-bond acceptors (Lipinski definition) is 3. The summed E-state index contributed by atoms with van der Waals surface area (Å²) in [6, 6.07) is 8.72. The van der Waals surface area contributed by atoms with E-state index in [0.29, 0.717) is 6.54 Å². The largest absolute Gasteiger partial charge is 0.251 e. The molecule has 1 heterocycles. The van der Waals surface area contributed by atoms with Gasteiger partial charge < -0.3 is 0 Å². The van der Waals surface area contributed by atoms with E-state index in [1.807, 2.05) is 0 Å². The third kappa shape index (κ3) is 4.62. The Bertz CT molecular complexity index is 615. The van der Waals surface area contributed by atoms with Gasteiger partial charge in [-0.2, -0.15) is 10.4 Å². The highest BCUT2D eigenvalue weighted by Gasteiger charge is 2.33. The van der Waals surface area contributed by atoms with Crippen LogP contribution in [0.4, 0.5) is 4.39 Å². The summed E-state index contributed by atoms with van der Waals surface area (Å²) in [4.78, 5) is 3.95. The molecule has 23 heavy (non-hydrogen) atoms. The maximum Gasteiger partial charge on any atom is 0.137 e. The van der Waals surface area contributed by atoms with Gasteiger partial charge in [0, 0.05) is 0 Å². The average molecular weight is 314 g/mol. The van der Waals surface area contributed by atoms with E-state index >= 15 is 0 Å². The fourth-order valence-electron chi connectivity index (χ4n) is 2.86. The van der Waals surface area contributed by atoms with Gasteiger partial charge in [0.1, 0.15) is 23.9 Å². The van der Waals surface area contributed by atoms with Crippen molar-refractivity contribution < 1.29 is 4.39 Å². The van der Waals surface area contributed by atoms with Crippen molar-refractivity contribution in [1.82, 2.24) is 14.8 Å². The first-order chi connectivity index (χ1) is 11.2. The molecule has 1 aromatic heterocycles. The van der Waals surface area contributed by atoms with Gasteiger partial charge in [0.15, 0.2) is 0 Å². The van der Waals surface area contributed by atoms with Crippen molar-refractivity contribution >= 4 is 0 Å². The normalized spacial score (nSPS) is 13.4. The SMILES string of the molecule is CCCCCCCC(C#N)(Cn1cncn1)c1ccc(F)cc1. The lowest BCUT2D eigenvalue weighted by molar-refractivity contribution is 0.384. The lowest BCUT2D eigenvalue weighted by atomic mass is 9.77. The summed E-state index contributed by atoms with van der Waals surface area (Å²) in [5.74, 6) is -0.288. The van der Waals surface area contributed by atoms with E-state index in [4.69, 9.17) is 0 Å². The van der Waals surface area contributed by atoms with Crippen LogP contribution in [0, 0.1) is 17.1 Å². The molecule has 0 amide bonds. The first-order valence-corrected chi connectivity index (χ1v) is 8.20. The number of nitrogens with zero attached hydrogens (tertiary/aromatic N) is 4. The lowest BCUT2D eigenvalue weighted by Gasteiger charge is -2.27. The van der Waals surface area contributed by atoms with E-state index in [2.05, 4.69) is 23.1 Å². The second-order valence-electron chi connectivity index (χ2n) is 5.96. The lowest BCUT2D eigenvalue weighted by Crippen LogP contribution is -2.30. The summed E-state index contributed by atoms with van der Waals surface area (Å²) in [7, 11) is 0. The Morgan fingerprint density at radius 3 is 2.52 bits per heavy atom. The van der Waals surface area contributed by atoms with Crippen molar-refractivity contribution in [3.8, 4) is 6.07 Å². The summed E-state index contributed by atoms with van der Waals surface area (Å²) < 4.78 is 14.9. The Hall–Kier alpha value is -2.22. The molecule has 2 aromatic rings. The Morgan fingerprint density at radius 2 is 1.91 bits per heavy atom. The molecule has 0 spiro atoms. The molecule has 0 aliphatic rings. The van der Waals surface area contributed by atoms with Crippen LogP contribution >= 0.6 is 0 Å². The van der Waals surface area contributed by atoms with E-state index in [0.717, 1.165) is 24.8 Å². The fraction of sp³-hybridized carbons (Fsp3) is 0.500. The van der Waals surface area contributed by atoms with Crippen molar-refractivity contribution in [1.29, 1.82) is 5.26 Å². The third-order valence-electron chi connectivity index (χ3n) is 4.22. The van der Waals surface area contributed by atoms with E-state index in [1.54, 1.807) is 23.1 Å². The van der Waals surface area contributed by atoms with Crippen LogP contribution in [0.25, 0.3) is 0 Å². The molecular weight excluding hydrogens is 291 g/mol. The number of aromatic nitrogens is 3. The van der Waals surface area contributed by atoms with Crippen molar-refractivity contribution in [3.63, 3.8) is 0 Å². The van der Waals surface area contributed by atoms with Crippen LogP contribution in [0.3, 0.4) is 0 Å². The predicted octanol–water partition coefficient (Wildman–Crippen LogP) is 4.24. The second kappa shape index (κ2) is 8.42. The van der Waals surface area contributed by atoms with Crippen LogP contribution in [0.1, 0.15) is 51.0 Å². The summed E-state index contributed by atoms with van der Waals surface area (Å²) in [5, 5.41) is 14.0. The van der Waals surface area contributed by atoms with Crippen LogP contribution < -0.4 is 0 Å². The molecular formula is C18H23FN4. The topological polar surface area (TPSA) is 54.5 Å². The van der Waals surface area contributed by atoms with E-state index in [-0.39, 0.29) is 5.82 Å². The van der Waals surface area contributed by atoms with Crippen molar-refractivity contribution in [2.24, 2.45) is 0 Å².